The number of rotatable bonds is 6. The van der Waals surface area contributed by atoms with Crippen molar-refractivity contribution in [2.75, 3.05) is 20.7 Å². The molecule has 9 heteroatoms. The van der Waals surface area contributed by atoms with Crippen LogP contribution in [0.2, 0.25) is 0 Å². The number of nitrogens with one attached hydrogen (secondary N) is 1. The molecule has 2 aliphatic rings. The van der Waals surface area contributed by atoms with Crippen LogP contribution in [0.3, 0.4) is 0 Å². The number of ether oxygens (including phenoxy) is 5. The third-order valence-electron chi connectivity index (χ3n) is 5.46. The molecule has 9 nitrogen and oxygen atoms in total. The quantitative estimate of drug-likeness (QED) is 0.595. The van der Waals surface area contributed by atoms with E-state index in [-0.39, 0.29) is 24.7 Å². The second-order valence-electron chi connectivity index (χ2n) is 7.41. The highest BCUT2D eigenvalue weighted by molar-refractivity contribution is 6.01. The fraction of sp³-hybridized carbons (Fsp3) is 0.167. The maximum Gasteiger partial charge on any atom is 0.255 e. The van der Waals surface area contributed by atoms with Crippen LogP contribution >= 0.6 is 0 Å². The van der Waals surface area contributed by atoms with E-state index >= 15 is 0 Å². The molecule has 168 valence electrons. The molecule has 0 radical (unpaired) electrons. The largest absolute Gasteiger partial charge is 0.496 e. The third-order valence-corrected chi connectivity index (χ3v) is 5.46. The van der Waals surface area contributed by atoms with Gasteiger partial charge in [0.15, 0.2) is 23.0 Å². The molecule has 0 atom stereocenters. The monoisotopic (exact) mass is 448 g/mol. The molecule has 0 aromatic heterocycles. The number of nitrogens with two attached hydrogens (primary N) is 1. The van der Waals surface area contributed by atoms with Gasteiger partial charge in [-0.25, -0.2) is 0 Å². The number of methoxy groups -OCH3 is 1. The zero-order chi connectivity index (χ0) is 22.9. The molecule has 0 spiro atoms. The van der Waals surface area contributed by atoms with E-state index in [1.54, 1.807) is 12.1 Å². The van der Waals surface area contributed by atoms with E-state index in [0.717, 1.165) is 11.1 Å². The first-order chi connectivity index (χ1) is 16.0. The summed E-state index contributed by atoms with van der Waals surface area (Å²) in [6.07, 6.45) is 0. The molecular formula is C24H20N2O7. The highest BCUT2D eigenvalue weighted by atomic mass is 16.7. The molecule has 0 aliphatic carbocycles. The Labute approximate surface area is 189 Å². The van der Waals surface area contributed by atoms with Crippen molar-refractivity contribution in [1.82, 2.24) is 5.32 Å². The summed E-state index contributed by atoms with van der Waals surface area (Å²) in [6.45, 7) is 0.272. The predicted molar refractivity (Wildman–Crippen MR) is 116 cm³/mol. The maximum atomic E-state index is 13.4. The Bertz CT molecular complexity index is 1200. The number of fused-ring (bicyclic) bond motifs is 2. The number of hydrogen-bond acceptors (Lipinski definition) is 7. The zero-order valence-corrected chi connectivity index (χ0v) is 17.6. The molecule has 2 heterocycles. The molecule has 5 rings (SSSR count). The van der Waals surface area contributed by atoms with Gasteiger partial charge in [0.25, 0.3) is 5.91 Å². The lowest BCUT2D eigenvalue weighted by Gasteiger charge is -2.21. The van der Waals surface area contributed by atoms with Gasteiger partial charge in [-0.05, 0) is 53.6 Å². The first kappa shape index (κ1) is 20.5. The van der Waals surface area contributed by atoms with Gasteiger partial charge in [-0.2, -0.15) is 0 Å². The van der Waals surface area contributed by atoms with Gasteiger partial charge in [0.05, 0.1) is 18.7 Å². The maximum absolute atomic E-state index is 13.4. The van der Waals surface area contributed by atoms with Gasteiger partial charge in [0.2, 0.25) is 19.5 Å². The summed E-state index contributed by atoms with van der Waals surface area (Å²) in [5.41, 5.74) is 7.30. The van der Waals surface area contributed by atoms with Crippen LogP contribution in [-0.4, -0.2) is 32.5 Å². The minimum atomic E-state index is -0.644. The topological polar surface area (TPSA) is 118 Å². The second kappa shape index (κ2) is 8.27. The molecule has 3 N–H and O–H groups in total. The lowest BCUT2D eigenvalue weighted by Crippen LogP contribution is -2.30. The highest BCUT2D eigenvalue weighted by Crippen LogP contribution is 2.39. The fourth-order valence-electron chi connectivity index (χ4n) is 3.79. The Balaban J connectivity index is 1.55. The van der Waals surface area contributed by atoms with E-state index in [4.69, 9.17) is 29.4 Å². The van der Waals surface area contributed by atoms with Crippen molar-refractivity contribution in [2.24, 2.45) is 5.73 Å². The summed E-state index contributed by atoms with van der Waals surface area (Å²) in [7, 11) is 1.45. The van der Waals surface area contributed by atoms with E-state index < -0.39 is 17.9 Å². The van der Waals surface area contributed by atoms with Gasteiger partial charge in [0, 0.05) is 5.56 Å². The van der Waals surface area contributed by atoms with Crippen molar-refractivity contribution in [3.63, 3.8) is 0 Å². The van der Waals surface area contributed by atoms with Gasteiger partial charge in [0.1, 0.15) is 5.75 Å². The fourth-order valence-corrected chi connectivity index (χ4v) is 3.79. The minimum Gasteiger partial charge on any atom is -0.496 e. The van der Waals surface area contributed by atoms with Gasteiger partial charge < -0.3 is 34.7 Å². The van der Waals surface area contributed by atoms with Gasteiger partial charge in [-0.15, -0.1) is 0 Å². The first-order valence-corrected chi connectivity index (χ1v) is 10.1. The van der Waals surface area contributed by atoms with Crippen molar-refractivity contribution in [3.8, 4) is 28.7 Å². The number of carbonyl (C=O) groups is 2. The smallest absolute Gasteiger partial charge is 0.255 e. The third kappa shape index (κ3) is 3.84. The summed E-state index contributed by atoms with van der Waals surface area (Å²) in [5.74, 6) is 1.65. The Morgan fingerprint density at radius 3 is 1.97 bits per heavy atom. The number of primary amides is 1. The van der Waals surface area contributed by atoms with Crippen molar-refractivity contribution in [3.05, 3.63) is 76.9 Å². The number of amides is 2. The van der Waals surface area contributed by atoms with Gasteiger partial charge in [-0.3, -0.25) is 9.59 Å². The first-order valence-electron chi connectivity index (χ1n) is 10.1. The Kier molecular flexibility index (Phi) is 5.14. The van der Waals surface area contributed by atoms with Crippen molar-refractivity contribution in [2.45, 2.75) is 6.04 Å². The Hall–Kier alpha value is -4.40. The Morgan fingerprint density at radius 2 is 1.42 bits per heavy atom. The van der Waals surface area contributed by atoms with Crippen LogP contribution in [0.15, 0.2) is 54.6 Å². The van der Waals surface area contributed by atoms with Crippen LogP contribution in [0.1, 0.15) is 37.9 Å². The van der Waals surface area contributed by atoms with Crippen LogP contribution in [0.4, 0.5) is 0 Å². The average Bonchev–Trinajstić information content (AvgIpc) is 3.50. The molecule has 33 heavy (non-hydrogen) atoms. The van der Waals surface area contributed by atoms with E-state index in [2.05, 4.69) is 5.32 Å². The van der Waals surface area contributed by atoms with E-state index in [0.29, 0.717) is 28.7 Å². The molecule has 0 fully saturated rings. The summed E-state index contributed by atoms with van der Waals surface area (Å²) < 4.78 is 27.2. The van der Waals surface area contributed by atoms with Crippen LogP contribution in [0.25, 0.3) is 0 Å². The summed E-state index contributed by atoms with van der Waals surface area (Å²) >= 11 is 0. The van der Waals surface area contributed by atoms with Gasteiger partial charge >= 0.3 is 0 Å². The number of carbonyl (C=O) groups excluding carboxylic acids is 2. The second-order valence-corrected chi connectivity index (χ2v) is 7.41. The van der Waals surface area contributed by atoms with Crippen LogP contribution in [0.5, 0.6) is 28.7 Å². The van der Waals surface area contributed by atoms with Crippen molar-refractivity contribution < 1.29 is 33.3 Å². The molecule has 0 bridgehead atoms. The SMILES string of the molecule is COc1ccc(C(N)=O)cc1C(=O)NC(c1ccc2c(c1)OCO2)c1ccc2c(c1)OCO2. The molecule has 0 saturated heterocycles. The molecule has 3 aromatic rings. The normalized spacial score (nSPS) is 13.2. The lowest BCUT2D eigenvalue weighted by atomic mass is 9.97. The summed E-state index contributed by atoms with van der Waals surface area (Å²) in [6, 6.07) is 14.8. The summed E-state index contributed by atoms with van der Waals surface area (Å²) in [5, 5.41) is 3.03. The Morgan fingerprint density at radius 1 is 0.848 bits per heavy atom. The van der Waals surface area contributed by atoms with Crippen LogP contribution in [-0.2, 0) is 0 Å². The van der Waals surface area contributed by atoms with E-state index in [1.807, 2.05) is 24.3 Å². The predicted octanol–water partition coefficient (Wildman–Crippen LogP) is 2.77. The zero-order valence-electron chi connectivity index (χ0n) is 17.6. The summed E-state index contributed by atoms with van der Waals surface area (Å²) in [4.78, 5) is 25.0. The highest BCUT2D eigenvalue weighted by Gasteiger charge is 2.25. The molecule has 2 amide bonds. The van der Waals surface area contributed by atoms with E-state index in [1.165, 1.54) is 25.3 Å². The van der Waals surface area contributed by atoms with Gasteiger partial charge in [-0.1, -0.05) is 12.1 Å². The van der Waals surface area contributed by atoms with E-state index in [9.17, 15) is 9.59 Å². The van der Waals surface area contributed by atoms with Crippen molar-refractivity contribution >= 4 is 11.8 Å². The number of hydrogen-bond donors (Lipinski definition) is 2. The average molecular weight is 448 g/mol. The minimum absolute atomic E-state index is 0.136. The lowest BCUT2D eigenvalue weighted by molar-refractivity contribution is 0.0939. The standard InChI is InChI=1S/C24H20N2O7/c1-29-17-5-4-15(23(25)27)8-16(17)24(28)26-22(13-2-6-18-20(9-13)32-11-30-18)14-3-7-19-21(10-14)33-12-31-19/h2-10,22H,11-12H2,1H3,(H2,25,27)(H,26,28). The van der Waals surface area contributed by atoms with Crippen molar-refractivity contribution in [1.29, 1.82) is 0 Å². The van der Waals surface area contributed by atoms with Crippen LogP contribution in [0, 0.1) is 0 Å². The molecule has 2 aliphatic heterocycles. The molecule has 0 saturated carbocycles. The van der Waals surface area contributed by atoms with Crippen LogP contribution < -0.4 is 34.7 Å². The number of benzene rings is 3. The molecule has 0 unspecified atom stereocenters. The molecule has 3 aromatic carbocycles. The molecular weight excluding hydrogens is 428 g/mol.